The molecule has 0 radical (unpaired) electrons. The quantitative estimate of drug-likeness (QED) is 0.573. The van der Waals surface area contributed by atoms with E-state index in [0.29, 0.717) is 5.69 Å². The van der Waals surface area contributed by atoms with Gasteiger partial charge in [-0.3, -0.25) is 14.9 Å². The smallest absolute Gasteiger partial charge is 0.176 e. The standard InChI is InChI=1S/C17H18N3O2P/c1-12(21)16-11-14(15-6-4-5-8-19-15)17-10-13(7-9-20(16)17)22-23(3)18-2/h4-11,18H,1-3H3. The molecule has 0 aliphatic rings. The van der Waals surface area contributed by atoms with E-state index in [0.717, 1.165) is 22.5 Å². The highest BCUT2D eigenvalue weighted by Crippen LogP contribution is 2.33. The molecule has 0 aliphatic heterocycles. The summed E-state index contributed by atoms with van der Waals surface area (Å²) >= 11 is 0. The van der Waals surface area contributed by atoms with E-state index in [9.17, 15) is 4.79 Å². The zero-order valence-corrected chi connectivity index (χ0v) is 14.2. The van der Waals surface area contributed by atoms with Crippen molar-refractivity contribution < 1.29 is 9.32 Å². The molecule has 0 aliphatic carbocycles. The molecule has 3 heterocycles. The van der Waals surface area contributed by atoms with E-state index < -0.39 is 8.30 Å². The number of aromatic nitrogens is 2. The number of Topliss-reactive ketones (excluding diaryl/α,β-unsaturated/α-hetero) is 1. The third-order valence-corrected chi connectivity index (χ3v) is 4.72. The van der Waals surface area contributed by atoms with Gasteiger partial charge in [0.2, 0.25) is 0 Å². The van der Waals surface area contributed by atoms with Crippen molar-refractivity contribution in [3.8, 4) is 17.0 Å². The summed E-state index contributed by atoms with van der Waals surface area (Å²) in [5.74, 6) is 0.787. The van der Waals surface area contributed by atoms with Crippen LogP contribution in [0.5, 0.6) is 5.75 Å². The molecule has 0 aromatic carbocycles. The fourth-order valence-corrected chi connectivity index (χ4v) is 2.96. The molecule has 6 heteroatoms. The van der Waals surface area contributed by atoms with Gasteiger partial charge in [-0.25, -0.2) is 0 Å². The average molecular weight is 327 g/mol. The van der Waals surface area contributed by atoms with Gasteiger partial charge in [0.05, 0.1) is 16.9 Å². The number of hydrogen-bond donors (Lipinski definition) is 1. The predicted molar refractivity (Wildman–Crippen MR) is 93.2 cm³/mol. The number of rotatable bonds is 5. The van der Waals surface area contributed by atoms with Crippen LogP contribution in [0, 0.1) is 0 Å². The van der Waals surface area contributed by atoms with Crippen LogP contribution in [0.4, 0.5) is 0 Å². The number of carbonyl (C=O) groups is 1. The Hall–Kier alpha value is -2.23. The van der Waals surface area contributed by atoms with Crippen molar-refractivity contribution in [1.82, 2.24) is 14.5 Å². The molecule has 3 rings (SSSR count). The van der Waals surface area contributed by atoms with Crippen molar-refractivity contribution in [3.05, 3.63) is 54.5 Å². The van der Waals surface area contributed by atoms with Crippen LogP contribution in [0.1, 0.15) is 17.4 Å². The van der Waals surface area contributed by atoms with Crippen LogP contribution < -0.4 is 9.61 Å². The first-order valence-corrected chi connectivity index (χ1v) is 8.97. The molecule has 0 saturated heterocycles. The van der Waals surface area contributed by atoms with Gasteiger partial charge >= 0.3 is 0 Å². The lowest BCUT2D eigenvalue weighted by Gasteiger charge is -2.13. The fourth-order valence-electron chi connectivity index (χ4n) is 2.44. The third kappa shape index (κ3) is 3.11. The van der Waals surface area contributed by atoms with Crippen LogP contribution in [0.25, 0.3) is 16.8 Å². The summed E-state index contributed by atoms with van der Waals surface area (Å²) in [5.41, 5.74) is 3.30. The molecule has 5 nitrogen and oxygen atoms in total. The number of nitrogens with zero attached hydrogens (tertiary/aromatic N) is 2. The Kier molecular flexibility index (Phi) is 4.42. The van der Waals surface area contributed by atoms with E-state index in [2.05, 4.69) is 10.1 Å². The van der Waals surface area contributed by atoms with Crippen molar-refractivity contribution in [1.29, 1.82) is 0 Å². The van der Waals surface area contributed by atoms with E-state index in [-0.39, 0.29) is 5.78 Å². The SMILES string of the molecule is CNP(C)Oc1ccn2c(C(C)=O)cc(-c3ccccn3)c2c1. The van der Waals surface area contributed by atoms with Crippen LogP contribution in [0.2, 0.25) is 0 Å². The Morgan fingerprint density at radius 3 is 2.78 bits per heavy atom. The topological polar surface area (TPSA) is 55.6 Å². The first-order chi connectivity index (χ1) is 11.1. The number of pyridine rings is 2. The molecule has 0 spiro atoms. The second-order valence-electron chi connectivity index (χ2n) is 5.14. The van der Waals surface area contributed by atoms with E-state index in [4.69, 9.17) is 4.52 Å². The van der Waals surface area contributed by atoms with Gasteiger partial charge in [0.15, 0.2) is 14.1 Å². The van der Waals surface area contributed by atoms with Crippen LogP contribution in [0.15, 0.2) is 48.8 Å². The van der Waals surface area contributed by atoms with Crippen LogP contribution in [-0.2, 0) is 0 Å². The maximum Gasteiger partial charge on any atom is 0.176 e. The number of ketones is 1. The van der Waals surface area contributed by atoms with E-state index >= 15 is 0 Å². The van der Waals surface area contributed by atoms with Gasteiger partial charge in [-0.2, -0.15) is 0 Å². The minimum Gasteiger partial charge on any atom is -0.458 e. The molecule has 118 valence electrons. The van der Waals surface area contributed by atoms with Gasteiger partial charge in [0.1, 0.15) is 5.75 Å². The van der Waals surface area contributed by atoms with Gasteiger partial charge in [0.25, 0.3) is 0 Å². The molecule has 0 saturated carbocycles. The molecule has 3 aromatic rings. The van der Waals surface area contributed by atoms with Gasteiger partial charge in [-0.05, 0) is 31.3 Å². The summed E-state index contributed by atoms with van der Waals surface area (Å²) in [6.07, 6.45) is 3.62. The molecular weight excluding hydrogens is 309 g/mol. The fraction of sp³-hybridized carbons (Fsp3) is 0.176. The van der Waals surface area contributed by atoms with Gasteiger partial charge in [-0.1, -0.05) is 6.07 Å². The van der Waals surface area contributed by atoms with Crippen LogP contribution >= 0.6 is 8.30 Å². The lowest BCUT2D eigenvalue weighted by molar-refractivity contribution is 0.101. The maximum atomic E-state index is 11.9. The van der Waals surface area contributed by atoms with E-state index in [1.54, 1.807) is 13.1 Å². The molecule has 0 bridgehead atoms. The maximum absolute atomic E-state index is 11.9. The number of nitrogens with one attached hydrogen (secondary N) is 1. The second kappa shape index (κ2) is 6.49. The number of fused-ring (bicyclic) bond motifs is 1. The first kappa shape index (κ1) is 15.7. The second-order valence-corrected chi connectivity index (χ2v) is 6.77. The Morgan fingerprint density at radius 2 is 2.13 bits per heavy atom. The van der Waals surface area contributed by atoms with Crippen molar-refractivity contribution in [2.75, 3.05) is 13.7 Å². The summed E-state index contributed by atoms with van der Waals surface area (Å²) in [7, 11) is 1.15. The monoisotopic (exact) mass is 327 g/mol. The van der Waals surface area contributed by atoms with E-state index in [1.165, 1.54) is 0 Å². The Labute approximate surface area is 136 Å². The Morgan fingerprint density at radius 1 is 1.30 bits per heavy atom. The number of hydrogen-bond acceptors (Lipinski definition) is 4. The molecular formula is C17H18N3O2P. The minimum absolute atomic E-state index is 0.0174. The molecule has 3 aromatic heterocycles. The minimum atomic E-state index is -0.721. The lowest BCUT2D eigenvalue weighted by atomic mass is 10.1. The lowest BCUT2D eigenvalue weighted by Crippen LogP contribution is -2.02. The highest BCUT2D eigenvalue weighted by atomic mass is 31.2. The van der Waals surface area contributed by atoms with Crippen LogP contribution in [-0.4, -0.2) is 28.9 Å². The molecule has 1 atom stereocenters. The summed E-state index contributed by atoms with van der Waals surface area (Å²) in [4.78, 5) is 16.3. The van der Waals surface area contributed by atoms with Crippen molar-refractivity contribution in [2.45, 2.75) is 6.92 Å². The summed E-state index contributed by atoms with van der Waals surface area (Å²) in [5, 5.41) is 3.10. The summed E-state index contributed by atoms with van der Waals surface area (Å²) < 4.78 is 7.75. The predicted octanol–water partition coefficient (Wildman–Crippen LogP) is 3.74. The number of carbonyl (C=O) groups excluding carboxylic acids is 1. The zero-order valence-electron chi connectivity index (χ0n) is 13.3. The van der Waals surface area contributed by atoms with Crippen molar-refractivity contribution in [3.63, 3.8) is 0 Å². The van der Waals surface area contributed by atoms with Gasteiger partial charge < -0.3 is 8.92 Å². The highest BCUT2D eigenvalue weighted by Gasteiger charge is 2.15. The molecule has 0 amide bonds. The highest BCUT2D eigenvalue weighted by molar-refractivity contribution is 7.49. The largest absolute Gasteiger partial charge is 0.458 e. The Bertz CT molecular complexity index is 846. The molecule has 0 fully saturated rings. The van der Waals surface area contributed by atoms with Crippen molar-refractivity contribution >= 4 is 19.6 Å². The molecule has 23 heavy (non-hydrogen) atoms. The molecule has 1 N–H and O–H groups in total. The molecule has 1 unspecified atom stereocenters. The van der Waals surface area contributed by atoms with E-state index in [1.807, 2.05) is 60.7 Å². The third-order valence-electron chi connectivity index (χ3n) is 3.60. The van der Waals surface area contributed by atoms with Crippen LogP contribution in [0.3, 0.4) is 0 Å². The first-order valence-electron chi connectivity index (χ1n) is 7.26. The summed E-state index contributed by atoms with van der Waals surface area (Å²) in [6, 6.07) is 11.5. The Balaban J connectivity index is 2.18. The zero-order chi connectivity index (χ0) is 16.4. The van der Waals surface area contributed by atoms with Crippen molar-refractivity contribution in [2.24, 2.45) is 0 Å². The van der Waals surface area contributed by atoms with Gasteiger partial charge in [0, 0.05) is 37.6 Å². The van der Waals surface area contributed by atoms with Gasteiger partial charge in [-0.15, -0.1) is 0 Å². The average Bonchev–Trinajstić information content (AvgIpc) is 2.94. The normalized spacial score (nSPS) is 12.3. The summed E-state index contributed by atoms with van der Waals surface area (Å²) in [6.45, 7) is 3.57.